The summed E-state index contributed by atoms with van der Waals surface area (Å²) in [5, 5.41) is 0. The van der Waals surface area contributed by atoms with Crippen LogP contribution in [-0.4, -0.2) is 6.04 Å². The van der Waals surface area contributed by atoms with Gasteiger partial charge in [-0.2, -0.15) is 0 Å². The Balaban J connectivity index is 2.46. The molecule has 0 radical (unpaired) electrons. The molecule has 0 saturated heterocycles. The minimum absolute atomic E-state index is 0.256. The van der Waals surface area contributed by atoms with E-state index in [1.165, 1.54) is 11.4 Å². The third-order valence-electron chi connectivity index (χ3n) is 4.50. The van der Waals surface area contributed by atoms with E-state index in [1.807, 2.05) is 0 Å². The Bertz CT molecular complexity index is 476. The van der Waals surface area contributed by atoms with E-state index in [0.29, 0.717) is 6.04 Å². The van der Waals surface area contributed by atoms with Crippen LogP contribution in [0.15, 0.2) is 60.7 Å². The van der Waals surface area contributed by atoms with Crippen molar-refractivity contribution in [2.45, 2.75) is 40.2 Å². The largest absolute Gasteiger partial charge is 0.338 e. The molecule has 2 aromatic rings. The van der Waals surface area contributed by atoms with Gasteiger partial charge in [-0.15, -0.1) is 0 Å². The van der Waals surface area contributed by atoms with Crippen LogP contribution in [-0.2, 0) is 0 Å². The Morgan fingerprint density at radius 1 is 0.850 bits per heavy atom. The Hall–Kier alpha value is -1.76. The number of hydrogen-bond donors (Lipinski definition) is 0. The zero-order valence-electron chi connectivity index (χ0n) is 13.0. The van der Waals surface area contributed by atoms with Gasteiger partial charge in [0.15, 0.2) is 0 Å². The third-order valence-corrected chi connectivity index (χ3v) is 4.50. The van der Waals surface area contributed by atoms with E-state index in [1.54, 1.807) is 0 Å². The molecule has 106 valence electrons. The maximum atomic E-state index is 2.45. The summed E-state index contributed by atoms with van der Waals surface area (Å²) in [6, 6.07) is 21.8. The lowest BCUT2D eigenvalue weighted by molar-refractivity contribution is 0.288. The Kier molecular flexibility index (Phi) is 4.49. The van der Waals surface area contributed by atoms with E-state index < -0.39 is 0 Å². The van der Waals surface area contributed by atoms with Gasteiger partial charge in [0.25, 0.3) is 0 Å². The predicted octanol–water partition coefficient (Wildman–Crippen LogP) is 5.65. The number of anilines is 2. The highest BCUT2D eigenvalue weighted by molar-refractivity contribution is 5.64. The molecule has 0 heterocycles. The van der Waals surface area contributed by atoms with Gasteiger partial charge in [-0.3, -0.25) is 0 Å². The van der Waals surface area contributed by atoms with Crippen LogP contribution in [0.1, 0.15) is 34.1 Å². The van der Waals surface area contributed by atoms with Gasteiger partial charge in [-0.05, 0) is 43.0 Å². The Morgan fingerprint density at radius 2 is 1.25 bits per heavy atom. The number of hydrogen-bond acceptors (Lipinski definition) is 1. The van der Waals surface area contributed by atoms with Crippen molar-refractivity contribution >= 4 is 11.4 Å². The molecule has 20 heavy (non-hydrogen) atoms. The van der Waals surface area contributed by atoms with Crippen molar-refractivity contribution in [3.63, 3.8) is 0 Å². The van der Waals surface area contributed by atoms with Crippen molar-refractivity contribution in [1.82, 2.24) is 0 Å². The van der Waals surface area contributed by atoms with Crippen LogP contribution in [0.25, 0.3) is 0 Å². The molecule has 0 bridgehead atoms. The molecule has 2 rings (SSSR count). The molecule has 0 amide bonds. The van der Waals surface area contributed by atoms with Gasteiger partial charge in [-0.1, -0.05) is 57.2 Å². The minimum atomic E-state index is 0.256. The molecule has 0 aliphatic carbocycles. The fraction of sp³-hybridized carbons (Fsp3) is 0.368. The third kappa shape index (κ3) is 3.04. The highest BCUT2D eigenvalue weighted by atomic mass is 15.2. The first-order chi connectivity index (χ1) is 9.56. The lowest BCUT2D eigenvalue weighted by Gasteiger charge is -2.41. The summed E-state index contributed by atoms with van der Waals surface area (Å²) in [6.07, 6.45) is 1.16. The topological polar surface area (TPSA) is 3.24 Å². The van der Waals surface area contributed by atoms with Crippen LogP contribution in [0.2, 0.25) is 0 Å². The quantitative estimate of drug-likeness (QED) is 0.676. The number of rotatable bonds is 5. The van der Waals surface area contributed by atoms with Gasteiger partial charge in [-0.25, -0.2) is 0 Å². The van der Waals surface area contributed by atoms with Crippen LogP contribution < -0.4 is 4.90 Å². The van der Waals surface area contributed by atoms with Gasteiger partial charge < -0.3 is 4.90 Å². The molecule has 0 saturated carbocycles. The van der Waals surface area contributed by atoms with Crippen molar-refractivity contribution in [2.24, 2.45) is 5.41 Å². The minimum Gasteiger partial charge on any atom is -0.338 e. The van der Waals surface area contributed by atoms with Gasteiger partial charge in [0.1, 0.15) is 0 Å². The normalized spacial score (nSPS) is 13.0. The van der Waals surface area contributed by atoms with Crippen LogP contribution in [0, 0.1) is 5.41 Å². The van der Waals surface area contributed by atoms with Gasteiger partial charge >= 0.3 is 0 Å². The van der Waals surface area contributed by atoms with Gasteiger partial charge in [0.2, 0.25) is 0 Å². The second-order valence-corrected chi connectivity index (χ2v) is 6.06. The molecule has 0 aliphatic rings. The van der Waals surface area contributed by atoms with Crippen molar-refractivity contribution in [3.8, 4) is 0 Å². The first-order valence-corrected chi connectivity index (χ1v) is 7.45. The summed E-state index contributed by atoms with van der Waals surface area (Å²) in [4.78, 5) is 2.45. The number of benzene rings is 2. The molecule has 0 spiro atoms. The Labute approximate surface area is 123 Å². The number of nitrogens with zero attached hydrogens (tertiary/aromatic N) is 1. The highest BCUT2D eigenvalue weighted by Crippen LogP contribution is 2.36. The maximum Gasteiger partial charge on any atom is 0.0413 e. The highest BCUT2D eigenvalue weighted by Gasteiger charge is 2.30. The SMILES string of the molecule is CCC(C)(C)[C@@H](C)N(c1ccccc1)c1ccccc1. The monoisotopic (exact) mass is 267 g/mol. The van der Waals surface area contributed by atoms with E-state index in [-0.39, 0.29) is 5.41 Å². The maximum absolute atomic E-state index is 2.45. The van der Waals surface area contributed by atoms with Crippen LogP contribution in [0.5, 0.6) is 0 Å². The number of para-hydroxylation sites is 2. The summed E-state index contributed by atoms with van der Waals surface area (Å²) < 4.78 is 0. The van der Waals surface area contributed by atoms with Gasteiger partial charge in [0, 0.05) is 17.4 Å². The zero-order valence-corrected chi connectivity index (χ0v) is 13.0. The molecule has 1 nitrogen and oxygen atoms in total. The van der Waals surface area contributed by atoms with Crippen LogP contribution >= 0.6 is 0 Å². The average Bonchev–Trinajstić information content (AvgIpc) is 2.49. The van der Waals surface area contributed by atoms with E-state index >= 15 is 0 Å². The molecular weight excluding hydrogens is 242 g/mol. The van der Waals surface area contributed by atoms with Crippen molar-refractivity contribution in [1.29, 1.82) is 0 Å². The molecule has 0 fully saturated rings. The molecule has 0 aromatic heterocycles. The van der Waals surface area contributed by atoms with E-state index in [9.17, 15) is 0 Å². The summed E-state index contributed by atoms with van der Waals surface area (Å²) >= 11 is 0. The van der Waals surface area contributed by atoms with E-state index in [0.717, 1.165) is 6.42 Å². The smallest absolute Gasteiger partial charge is 0.0413 e. The average molecular weight is 267 g/mol. The fourth-order valence-corrected chi connectivity index (χ4v) is 2.42. The molecular formula is C19H25N. The van der Waals surface area contributed by atoms with Crippen LogP contribution in [0.3, 0.4) is 0 Å². The zero-order chi connectivity index (χ0) is 14.6. The summed E-state index contributed by atoms with van der Waals surface area (Å²) in [5.41, 5.74) is 2.77. The first kappa shape index (κ1) is 14.6. The van der Waals surface area contributed by atoms with Crippen LogP contribution in [0.4, 0.5) is 11.4 Å². The molecule has 0 unspecified atom stereocenters. The first-order valence-electron chi connectivity index (χ1n) is 7.45. The lowest BCUT2D eigenvalue weighted by Crippen LogP contribution is -2.40. The van der Waals surface area contributed by atoms with Crippen molar-refractivity contribution in [2.75, 3.05) is 4.90 Å². The van der Waals surface area contributed by atoms with Gasteiger partial charge in [0.05, 0.1) is 0 Å². The summed E-state index contributed by atoms with van der Waals surface area (Å²) in [5.74, 6) is 0. The standard InChI is InChI=1S/C19H25N/c1-5-19(3,4)16(2)20(17-12-8-6-9-13-17)18-14-10-7-11-15-18/h6-16H,5H2,1-4H3/t16-/m1/s1. The summed E-state index contributed by atoms with van der Waals surface area (Å²) in [7, 11) is 0. The van der Waals surface area contributed by atoms with Crippen molar-refractivity contribution in [3.05, 3.63) is 60.7 Å². The second-order valence-electron chi connectivity index (χ2n) is 6.06. The molecule has 1 heteroatoms. The molecule has 0 aliphatic heterocycles. The fourth-order valence-electron chi connectivity index (χ4n) is 2.42. The molecule has 0 N–H and O–H groups in total. The van der Waals surface area contributed by atoms with E-state index in [2.05, 4.69) is 93.3 Å². The van der Waals surface area contributed by atoms with E-state index in [4.69, 9.17) is 0 Å². The second kappa shape index (κ2) is 6.13. The Morgan fingerprint density at radius 3 is 1.60 bits per heavy atom. The molecule has 1 atom stereocenters. The molecule has 2 aromatic carbocycles. The lowest BCUT2D eigenvalue weighted by atomic mass is 9.81. The summed E-state index contributed by atoms with van der Waals surface area (Å²) in [6.45, 7) is 9.28. The van der Waals surface area contributed by atoms with Crippen molar-refractivity contribution < 1.29 is 0 Å². The predicted molar refractivity (Wildman–Crippen MR) is 88.6 cm³/mol.